The summed E-state index contributed by atoms with van der Waals surface area (Å²) in [6.45, 7) is 12.6. The van der Waals surface area contributed by atoms with Crippen LogP contribution in [-0.2, 0) is 19.1 Å². The first-order chi connectivity index (χ1) is 22.0. The van der Waals surface area contributed by atoms with Gasteiger partial charge in [-0.1, -0.05) is 50.3 Å². The predicted octanol–water partition coefficient (Wildman–Crippen LogP) is 4.59. The lowest BCUT2D eigenvalue weighted by Gasteiger charge is -2.40. The van der Waals surface area contributed by atoms with Crippen molar-refractivity contribution in [1.82, 2.24) is 4.90 Å². The Morgan fingerprint density at radius 3 is 2.30 bits per heavy atom. The Bertz CT molecular complexity index is 1580. The first-order valence-electron chi connectivity index (χ1n) is 16.4. The number of hydrogen-bond donors (Lipinski definition) is 1. The Hall–Kier alpha value is -3.95. The monoisotopic (exact) mass is 627 g/mol. The van der Waals surface area contributed by atoms with Crippen LogP contribution < -0.4 is 14.5 Å². The molecule has 2 saturated heterocycles. The molecule has 9 heteroatoms. The lowest BCUT2D eigenvalue weighted by atomic mass is 9.74. The number of fused-ring (bicyclic) bond motifs is 2. The second-order valence-corrected chi connectivity index (χ2v) is 13.6. The van der Waals surface area contributed by atoms with E-state index in [1.54, 1.807) is 14.7 Å². The van der Waals surface area contributed by atoms with Gasteiger partial charge in [0.1, 0.15) is 17.4 Å². The smallest absolute Gasteiger partial charge is 0.253 e. The minimum Gasteiger partial charge on any atom is -0.494 e. The zero-order chi connectivity index (χ0) is 33.0. The number of aliphatic hydroxyl groups is 1. The first-order valence-corrected chi connectivity index (χ1v) is 16.4. The van der Waals surface area contributed by atoms with E-state index in [2.05, 4.69) is 0 Å². The van der Waals surface area contributed by atoms with Crippen molar-refractivity contribution < 1.29 is 29.0 Å². The summed E-state index contributed by atoms with van der Waals surface area (Å²) in [4.78, 5) is 49.5. The minimum atomic E-state index is -1.41. The number of carbonyl (C=O) groups excluding carboxylic acids is 3. The number of ether oxygens (including phenoxy) is 2. The lowest BCUT2D eigenvalue weighted by Crippen LogP contribution is -2.59. The van der Waals surface area contributed by atoms with Crippen molar-refractivity contribution in [2.45, 2.75) is 71.2 Å². The Balaban J connectivity index is 1.48. The molecule has 1 N–H and O–H groups in total. The highest BCUT2D eigenvalue weighted by Gasteiger charge is 2.75. The number of aryl methyl sites for hydroxylation is 2. The van der Waals surface area contributed by atoms with Crippen LogP contribution in [-0.4, -0.2) is 77.3 Å². The van der Waals surface area contributed by atoms with E-state index >= 15 is 0 Å². The molecule has 0 saturated carbocycles. The molecule has 6 rings (SSSR count). The van der Waals surface area contributed by atoms with Crippen LogP contribution in [0.4, 0.5) is 11.4 Å². The highest BCUT2D eigenvalue weighted by atomic mass is 16.5. The average molecular weight is 628 g/mol. The summed E-state index contributed by atoms with van der Waals surface area (Å²) in [5.41, 5.74) is 0.843. The summed E-state index contributed by atoms with van der Waals surface area (Å²) in [6.07, 6.45) is 8.04. The van der Waals surface area contributed by atoms with Gasteiger partial charge >= 0.3 is 0 Å². The third-order valence-corrected chi connectivity index (χ3v) is 9.96. The molecule has 0 aliphatic carbocycles. The fourth-order valence-electron chi connectivity index (χ4n) is 8.02. The standard InChI is InChI=1S/C37H45N3O6/c1-7-45-28-14-12-26(13-15-28)38-18-8-16-36(6)30(33(38)42)31-34(43)40(27(22-41)20-23(2)3)32-35(44)39(19-9-17-37(31,32)46-36)29-21-24(4)10-11-25(29)5/h8-17,21,23,27,30-32,41H,7,18-20,22H2,1-6H3/t27-,30-,31+,32?,36+,37+/m1/s1. The highest BCUT2D eigenvalue weighted by molar-refractivity contribution is 6.08. The molecule has 0 aromatic heterocycles. The van der Waals surface area contributed by atoms with Crippen molar-refractivity contribution >= 4 is 29.1 Å². The molecule has 1 unspecified atom stereocenters. The van der Waals surface area contributed by atoms with Gasteiger partial charge in [0.25, 0.3) is 5.91 Å². The maximum absolute atomic E-state index is 14.9. The molecule has 4 aliphatic rings. The van der Waals surface area contributed by atoms with Crippen molar-refractivity contribution in [3.8, 4) is 5.75 Å². The van der Waals surface area contributed by atoms with Gasteiger partial charge in [0.2, 0.25) is 11.8 Å². The van der Waals surface area contributed by atoms with Crippen LogP contribution in [0.15, 0.2) is 66.8 Å². The number of hydrogen-bond acceptors (Lipinski definition) is 6. The van der Waals surface area contributed by atoms with Crippen LogP contribution in [0.3, 0.4) is 0 Å². The summed E-state index contributed by atoms with van der Waals surface area (Å²) < 4.78 is 12.6. The van der Waals surface area contributed by atoms with Gasteiger partial charge in [0.15, 0.2) is 0 Å². The van der Waals surface area contributed by atoms with Gasteiger partial charge in [0, 0.05) is 24.5 Å². The van der Waals surface area contributed by atoms with Crippen molar-refractivity contribution in [2.75, 3.05) is 36.1 Å². The van der Waals surface area contributed by atoms with E-state index in [1.807, 2.05) is 108 Å². The third kappa shape index (κ3) is 5.04. The Kier molecular flexibility index (Phi) is 8.36. The molecular weight excluding hydrogens is 582 g/mol. The van der Waals surface area contributed by atoms with Gasteiger partial charge in [-0.3, -0.25) is 14.4 Å². The maximum atomic E-state index is 14.9. The number of anilines is 2. The molecule has 4 heterocycles. The van der Waals surface area contributed by atoms with Gasteiger partial charge in [-0.05, 0) is 81.5 Å². The largest absolute Gasteiger partial charge is 0.494 e. The second kappa shape index (κ2) is 12.0. The minimum absolute atomic E-state index is 0.150. The number of nitrogens with zero attached hydrogens (tertiary/aromatic N) is 3. The Morgan fingerprint density at radius 2 is 1.63 bits per heavy atom. The zero-order valence-corrected chi connectivity index (χ0v) is 27.6. The van der Waals surface area contributed by atoms with Crippen LogP contribution in [0.25, 0.3) is 0 Å². The Labute approximate surface area is 271 Å². The van der Waals surface area contributed by atoms with Crippen LogP contribution in [0.2, 0.25) is 0 Å². The fraction of sp³-hybridized carbons (Fsp3) is 0.486. The first kappa shape index (κ1) is 32.0. The molecule has 4 aliphatic heterocycles. The Morgan fingerprint density at radius 1 is 0.935 bits per heavy atom. The van der Waals surface area contributed by atoms with E-state index in [1.165, 1.54) is 0 Å². The summed E-state index contributed by atoms with van der Waals surface area (Å²) in [5.74, 6) is -1.88. The molecule has 6 atom stereocenters. The molecule has 9 nitrogen and oxygen atoms in total. The SMILES string of the molecule is CCOc1ccc(N2CC=C[C@]3(C)O[C@]45C=CCN(c6cc(C)ccc6C)C(=O)C4N([C@@H](CO)CC(C)C)C(=O)[C@@H]5[C@@H]3C2=O)cc1. The topological polar surface area (TPSA) is 99.6 Å². The maximum Gasteiger partial charge on any atom is 0.253 e. The summed E-state index contributed by atoms with van der Waals surface area (Å²) >= 11 is 0. The molecular formula is C37H45N3O6. The number of likely N-dealkylation sites (tertiary alicyclic amines) is 1. The van der Waals surface area contributed by atoms with Gasteiger partial charge in [-0.15, -0.1) is 0 Å². The van der Waals surface area contributed by atoms with Crippen LogP contribution in [0.5, 0.6) is 5.75 Å². The molecule has 1 spiro atoms. The van der Waals surface area contributed by atoms with Crippen molar-refractivity contribution in [1.29, 1.82) is 0 Å². The van der Waals surface area contributed by atoms with Crippen LogP contribution in [0.1, 0.15) is 45.2 Å². The molecule has 2 aromatic carbocycles. The third-order valence-electron chi connectivity index (χ3n) is 9.96. The van der Waals surface area contributed by atoms with E-state index in [9.17, 15) is 19.5 Å². The second-order valence-electron chi connectivity index (χ2n) is 13.6. The van der Waals surface area contributed by atoms with Gasteiger partial charge in [0.05, 0.1) is 36.7 Å². The van der Waals surface area contributed by atoms with E-state index in [4.69, 9.17) is 9.47 Å². The molecule has 0 bridgehead atoms. The highest BCUT2D eigenvalue weighted by Crippen LogP contribution is 2.58. The number of amides is 3. The number of carbonyl (C=O) groups is 3. The quantitative estimate of drug-likeness (QED) is 0.430. The van der Waals surface area contributed by atoms with Gasteiger partial charge < -0.3 is 29.3 Å². The summed E-state index contributed by atoms with van der Waals surface area (Å²) in [5, 5.41) is 10.7. The van der Waals surface area contributed by atoms with E-state index in [-0.39, 0.29) is 36.8 Å². The summed E-state index contributed by atoms with van der Waals surface area (Å²) in [7, 11) is 0. The normalized spacial score (nSPS) is 29.5. The average Bonchev–Trinajstić information content (AvgIpc) is 3.29. The van der Waals surface area contributed by atoms with Crippen molar-refractivity contribution in [3.05, 3.63) is 77.9 Å². The summed E-state index contributed by atoms with van der Waals surface area (Å²) in [6, 6.07) is 11.6. The van der Waals surface area contributed by atoms with E-state index < -0.39 is 35.1 Å². The predicted molar refractivity (Wildman–Crippen MR) is 177 cm³/mol. The van der Waals surface area contributed by atoms with Crippen LogP contribution >= 0.6 is 0 Å². The number of rotatable bonds is 8. The molecule has 0 radical (unpaired) electrons. The molecule has 2 fully saturated rings. The van der Waals surface area contributed by atoms with Gasteiger partial charge in [-0.2, -0.15) is 0 Å². The lowest BCUT2D eigenvalue weighted by molar-refractivity contribution is -0.148. The van der Waals surface area contributed by atoms with Crippen molar-refractivity contribution in [3.63, 3.8) is 0 Å². The van der Waals surface area contributed by atoms with E-state index in [0.717, 1.165) is 16.8 Å². The number of benzene rings is 2. The van der Waals surface area contributed by atoms with Crippen LogP contribution in [0, 0.1) is 31.6 Å². The molecule has 46 heavy (non-hydrogen) atoms. The molecule has 244 valence electrons. The fourth-order valence-corrected chi connectivity index (χ4v) is 8.02. The molecule has 2 aromatic rings. The number of aliphatic hydroxyl groups excluding tert-OH is 1. The van der Waals surface area contributed by atoms with Gasteiger partial charge in [-0.25, -0.2) is 0 Å². The van der Waals surface area contributed by atoms with E-state index in [0.29, 0.717) is 31.0 Å². The van der Waals surface area contributed by atoms with Crippen molar-refractivity contribution in [2.24, 2.45) is 17.8 Å². The zero-order valence-electron chi connectivity index (χ0n) is 27.6. The molecule has 3 amide bonds.